The molecule has 0 radical (unpaired) electrons. The molecule has 13 heavy (non-hydrogen) atoms. The van der Waals surface area contributed by atoms with Gasteiger partial charge in [0.25, 0.3) is 0 Å². The summed E-state index contributed by atoms with van der Waals surface area (Å²) in [6, 6.07) is 0. The van der Waals surface area contributed by atoms with E-state index in [1.54, 1.807) is 19.0 Å². The third kappa shape index (κ3) is 3.89. The third-order valence-electron chi connectivity index (χ3n) is 1.56. The maximum absolute atomic E-state index is 10.9. The fourth-order valence-electron chi connectivity index (χ4n) is 1.18. The SMILES string of the molecule is CC(=O)NC(C)(CN(C)C)C(=O)O. The molecule has 5 heteroatoms. The standard InChI is InChI=1S/C8H16N2O3/c1-6(11)9-8(2,7(12)13)5-10(3)4/h5H2,1-4H3,(H,9,11)(H,12,13). The summed E-state index contributed by atoms with van der Waals surface area (Å²) in [4.78, 5) is 23.3. The minimum Gasteiger partial charge on any atom is -0.479 e. The molecule has 0 bridgehead atoms. The first-order valence-electron chi connectivity index (χ1n) is 3.95. The number of hydrogen-bond donors (Lipinski definition) is 2. The van der Waals surface area contributed by atoms with E-state index in [2.05, 4.69) is 5.32 Å². The second-order valence-corrected chi connectivity index (χ2v) is 3.56. The van der Waals surface area contributed by atoms with Crippen molar-refractivity contribution >= 4 is 11.9 Å². The van der Waals surface area contributed by atoms with E-state index in [0.29, 0.717) is 0 Å². The number of rotatable bonds is 4. The van der Waals surface area contributed by atoms with Crippen molar-refractivity contribution in [1.82, 2.24) is 10.2 Å². The second-order valence-electron chi connectivity index (χ2n) is 3.56. The van der Waals surface area contributed by atoms with Crippen molar-refractivity contribution in [2.75, 3.05) is 20.6 Å². The Balaban J connectivity index is 4.52. The molecule has 0 heterocycles. The zero-order chi connectivity index (χ0) is 10.6. The molecular weight excluding hydrogens is 172 g/mol. The predicted molar refractivity (Wildman–Crippen MR) is 48.4 cm³/mol. The lowest BCUT2D eigenvalue weighted by molar-refractivity contribution is -0.147. The van der Waals surface area contributed by atoms with E-state index in [9.17, 15) is 9.59 Å². The maximum Gasteiger partial charge on any atom is 0.330 e. The molecule has 5 nitrogen and oxygen atoms in total. The molecule has 1 atom stereocenters. The highest BCUT2D eigenvalue weighted by Gasteiger charge is 2.34. The third-order valence-corrected chi connectivity index (χ3v) is 1.56. The first-order chi connectivity index (χ1) is 5.78. The molecule has 0 aliphatic carbocycles. The number of aliphatic carboxylic acids is 1. The van der Waals surface area contributed by atoms with Gasteiger partial charge in [0.1, 0.15) is 5.54 Å². The fraction of sp³-hybridized carbons (Fsp3) is 0.750. The van der Waals surface area contributed by atoms with Gasteiger partial charge in [-0.05, 0) is 21.0 Å². The molecule has 0 aliphatic heterocycles. The van der Waals surface area contributed by atoms with Crippen molar-refractivity contribution in [1.29, 1.82) is 0 Å². The van der Waals surface area contributed by atoms with Gasteiger partial charge in [-0.25, -0.2) is 4.79 Å². The van der Waals surface area contributed by atoms with E-state index in [0.717, 1.165) is 0 Å². The number of carboxylic acid groups (broad SMARTS) is 1. The summed E-state index contributed by atoms with van der Waals surface area (Å²) < 4.78 is 0. The van der Waals surface area contributed by atoms with E-state index in [4.69, 9.17) is 5.11 Å². The largest absolute Gasteiger partial charge is 0.479 e. The molecule has 1 unspecified atom stereocenters. The lowest BCUT2D eigenvalue weighted by Gasteiger charge is -2.28. The zero-order valence-electron chi connectivity index (χ0n) is 8.42. The summed E-state index contributed by atoms with van der Waals surface area (Å²) in [7, 11) is 3.51. The second kappa shape index (κ2) is 4.23. The van der Waals surface area contributed by atoms with Crippen LogP contribution in [-0.4, -0.2) is 48.1 Å². The number of likely N-dealkylation sites (N-methyl/N-ethyl adjacent to an activating group) is 1. The average Bonchev–Trinajstić information content (AvgIpc) is 1.82. The van der Waals surface area contributed by atoms with Crippen molar-refractivity contribution in [3.63, 3.8) is 0 Å². The predicted octanol–water partition coefficient (Wildman–Crippen LogP) is -0.473. The van der Waals surface area contributed by atoms with Gasteiger partial charge in [0.15, 0.2) is 0 Å². The Morgan fingerprint density at radius 2 is 1.92 bits per heavy atom. The summed E-state index contributed by atoms with van der Waals surface area (Å²) in [5, 5.41) is 11.3. The van der Waals surface area contributed by atoms with Crippen LogP contribution in [0.25, 0.3) is 0 Å². The number of carboxylic acids is 1. The zero-order valence-corrected chi connectivity index (χ0v) is 8.42. The number of carbonyl (C=O) groups excluding carboxylic acids is 1. The molecule has 0 fully saturated rings. The van der Waals surface area contributed by atoms with E-state index in [1.807, 2.05) is 0 Å². The lowest BCUT2D eigenvalue weighted by Crippen LogP contribution is -2.57. The van der Waals surface area contributed by atoms with Crippen molar-refractivity contribution in [3.8, 4) is 0 Å². The number of nitrogens with zero attached hydrogens (tertiary/aromatic N) is 1. The monoisotopic (exact) mass is 188 g/mol. The van der Waals surface area contributed by atoms with Gasteiger partial charge >= 0.3 is 5.97 Å². The van der Waals surface area contributed by atoms with Crippen molar-refractivity contribution < 1.29 is 14.7 Å². The molecule has 0 aromatic rings. The number of hydrogen-bond acceptors (Lipinski definition) is 3. The molecule has 0 aromatic carbocycles. The Morgan fingerprint density at radius 1 is 1.46 bits per heavy atom. The highest BCUT2D eigenvalue weighted by molar-refractivity contribution is 5.85. The van der Waals surface area contributed by atoms with Gasteiger partial charge in [0.2, 0.25) is 5.91 Å². The molecule has 0 aliphatic rings. The van der Waals surface area contributed by atoms with Crippen LogP contribution in [-0.2, 0) is 9.59 Å². The van der Waals surface area contributed by atoms with Gasteiger partial charge < -0.3 is 15.3 Å². The van der Waals surface area contributed by atoms with Gasteiger partial charge in [-0.15, -0.1) is 0 Å². The van der Waals surface area contributed by atoms with Crippen LogP contribution in [0.1, 0.15) is 13.8 Å². The topological polar surface area (TPSA) is 69.6 Å². The molecular formula is C8H16N2O3. The van der Waals surface area contributed by atoms with Crippen molar-refractivity contribution in [2.45, 2.75) is 19.4 Å². The van der Waals surface area contributed by atoms with Gasteiger partial charge in [0, 0.05) is 13.5 Å². The van der Waals surface area contributed by atoms with Crippen LogP contribution in [0.15, 0.2) is 0 Å². The Labute approximate surface area is 77.7 Å². The van der Waals surface area contributed by atoms with Gasteiger partial charge in [-0.2, -0.15) is 0 Å². The summed E-state index contributed by atoms with van der Waals surface area (Å²) in [6.07, 6.45) is 0. The summed E-state index contributed by atoms with van der Waals surface area (Å²) in [5.41, 5.74) is -1.21. The Kier molecular flexibility index (Phi) is 3.87. The minimum atomic E-state index is -1.21. The average molecular weight is 188 g/mol. The lowest BCUT2D eigenvalue weighted by atomic mass is 10.0. The highest BCUT2D eigenvalue weighted by atomic mass is 16.4. The van der Waals surface area contributed by atoms with Gasteiger partial charge in [-0.3, -0.25) is 4.79 Å². The minimum absolute atomic E-state index is 0.266. The molecule has 0 rings (SSSR count). The van der Waals surface area contributed by atoms with Crippen LogP contribution >= 0.6 is 0 Å². The van der Waals surface area contributed by atoms with Crippen LogP contribution in [0.4, 0.5) is 0 Å². The van der Waals surface area contributed by atoms with E-state index in [1.165, 1.54) is 13.8 Å². The first-order valence-corrected chi connectivity index (χ1v) is 3.95. The fourth-order valence-corrected chi connectivity index (χ4v) is 1.18. The highest BCUT2D eigenvalue weighted by Crippen LogP contribution is 2.05. The molecule has 2 N–H and O–H groups in total. The summed E-state index contributed by atoms with van der Waals surface area (Å²) in [5.74, 6) is -1.37. The van der Waals surface area contributed by atoms with Crippen molar-refractivity contribution in [3.05, 3.63) is 0 Å². The van der Waals surface area contributed by atoms with Crippen LogP contribution < -0.4 is 5.32 Å². The Morgan fingerprint density at radius 3 is 2.15 bits per heavy atom. The number of amides is 1. The molecule has 0 saturated heterocycles. The first kappa shape index (κ1) is 11.9. The molecule has 0 spiro atoms. The van der Waals surface area contributed by atoms with E-state index < -0.39 is 11.5 Å². The number of nitrogens with one attached hydrogen (secondary N) is 1. The van der Waals surface area contributed by atoms with Crippen LogP contribution in [0.3, 0.4) is 0 Å². The summed E-state index contributed by atoms with van der Waals surface area (Å²) in [6.45, 7) is 3.05. The Hall–Kier alpha value is -1.10. The van der Waals surface area contributed by atoms with Gasteiger partial charge in [-0.1, -0.05) is 0 Å². The molecule has 0 aromatic heterocycles. The van der Waals surface area contributed by atoms with Crippen LogP contribution in [0.2, 0.25) is 0 Å². The van der Waals surface area contributed by atoms with Crippen molar-refractivity contribution in [2.24, 2.45) is 0 Å². The summed E-state index contributed by atoms with van der Waals surface area (Å²) >= 11 is 0. The number of carbonyl (C=O) groups is 2. The molecule has 76 valence electrons. The quantitative estimate of drug-likeness (QED) is 0.625. The Bertz CT molecular complexity index is 215. The molecule has 0 saturated carbocycles. The van der Waals surface area contributed by atoms with E-state index >= 15 is 0 Å². The molecule has 1 amide bonds. The van der Waals surface area contributed by atoms with E-state index in [-0.39, 0.29) is 12.5 Å². The maximum atomic E-state index is 10.9. The van der Waals surface area contributed by atoms with Crippen LogP contribution in [0, 0.1) is 0 Å². The smallest absolute Gasteiger partial charge is 0.330 e. The van der Waals surface area contributed by atoms with Crippen LogP contribution in [0.5, 0.6) is 0 Å². The van der Waals surface area contributed by atoms with Gasteiger partial charge in [0.05, 0.1) is 0 Å². The normalized spacial score (nSPS) is 15.2.